The van der Waals surface area contributed by atoms with Crippen LogP contribution in [0.1, 0.15) is 40.7 Å². The van der Waals surface area contributed by atoms with Gasteiger partial charge in [0.25, 0.3) is 5.91 Å². The van der Waals surface area contributed by atoms with Gasteiger partial charge in [0, 0.05) is 23.6 Å². The van der Waals surface area contributed by atoms with Crippen LogP contribution in [0.5, 0.6) is 0 Å². The molecule has 2 heterocycles. The zero-order chi connectivity index (χ0) is 23.1. The molecule has 8 heteroatoms. The number of hydrogen-bond acceptors (Lipinski definition) is 6. The van der Waals surface area contributed by atoms with E-state index in [2.05, 4.69) is 21.7 Å². The normalized spacial score (nSPS) is 27.6. The number of piperidine rings is 1. The van der Waals surface area contributed by atoms with Crippen LogP contribution in [0.4, 0.5) is 0 Å². The van der Waals surface area contributed by atoms with Crippen molar-refractivity contribution in [3.63, 3.8) is 0 Å². The first-order valence-electron chi connectivity index (χ1n) is 11.2. The number of amides is 2. The molecule has 1 saturated heterocycles. The maximum absolute atomic E-state index is 12.7. The number of aliphatic imine (C=N–C) groups is 1. The number of allylic oxidation sites excluding steroid dienone is 2. The molecule has 33 heavy (non-hydrogen) atoms. The fraction of sp³-hybridized carbons (Fsp3) is 0.400. The van der Waals surface area contributed by atoms with Crippen LogP contribution in [0.25, 0.3) is 5.57 Å². The highest BCUT2D eigenvalue weighted by Gasteiger charge is 2.43. The summed E-state index contributed by atoms with van der Waals surface area (Å²) in [6.07, 6.45) is 8.52. The summed E-state index contributed by atoms with van der Waals surface area (Å²) >= 11 is 0. The minimum atomic E-state index is -0.699. The van der Waals surface area contributed by atoms with Crippen molar-refractivity contribution in [3.05, 3.63) is 53.1 Å². The monoisotopic (exact) mass is 444 g/mol. The van der Waals surface area contributed by atoms with Crippen molar-refractivity contribution in [1.29, 1.82) is 5.26 Å². The van der Waals surface area contributed by atoms with E-state index in [0.717, 1.165) is 24.8 Å². The van der Waals surface area contributed by atoms with E-state index in [-0.39, 0.29) is 30.2 Å². The number of rotatable bonds is 5. The molecule has 8 nitrogen and oxygen atoms in total. The Morgan fingerprint density at radius 1 is 1.33 bits per heavy atom. The van der Waals surface area contributed by atoms with Gasteiger partial charge >= 0.3 is 5.97 Å². The molecule has 5 atom stereocenters. The lowest BCUT2D eigenvalue weighted by atomic mass is 9.85. The third-order valence-electron chi connectivity index (χ3n) is 6.94. The van der Waals surface area contributed by atoms with E-state index in [9.17, 15) is 19.6 Å². The third-order valence-corrected chi connectivity index (χ3v) is 6.94. The molecule has 1 aromatic rings. The summed E-state index contributed by atoms with van der Waals surface area (Å²) in [7, 11) is 1.33. The summed E-state index contributed by atoms with van der Waals surface area (Å²) < 4.78 is 4.83. The number of fused-ring (bicyclic) bond motifs is 5. The number of nitrogens with zero attached hydrogens (tertiary/aromatic N) is 2. The summed E-state index contributed by atoms with van der Waals surface area (Å²) in [5.74, 6) is -1.09. The number of ether oxygens (including phenoxy) is 1. The Bertz CT molecular complexity index is 1180. The smallest absolute Gasteiger partial charge is 0.316 e. The van der Waals surface area contributed by atoms with E-state index >= 15 is 0 Å². The molecule has 0 aromatic heterocycles. The Morgan fingerprint density at radius 2 is 2.18 bits per heavy atom. The van der Waals surface area contributed by atoms with Crippen LogP contribution >= 0.6 is 0 Å². The average Bonchev–Trinajstić information content (AvgIpc) is 3.47. The largest absolute Gasteiger partial charge is 0.468 e. The van der Waals surface area contributed by atoms with Gasteiger partial charge in [0.2, 0.25) is 5.91 Å². The highest BCUT2D eigenvalue weighted by atomic mass is 16.5. The lowest BCUT2D eigenvalue weighted by Gasteiger charge is -2.24. The zero-order valence-electron chi connectivity index (χ0n) is 18.2. The number of esters is 1. The maximum Gasteiger partial charge on any atom is 0.316 e. The first-order valence-corrected chi connectivity index (χ1v) is 11.2. The second-order valence-corrected chi connectivity index (χ2v) is 8.98. The molecular weight excluding hydrogens is 420 g/mol. The van der Waals surface area contributed by atoms with Crippen molar-refractivity contribution in [2.75, 3.05) is 7.11 Å². The molecule has 2 aliphatic carbocycles. The van der Waals surface area contributed by atoms with Gasteiger partial charge in [0.15, 0.2) is 0 Å². The van der Waals surface area contributed by atoms with Crippen LogP contribution < -0.4 is 10.6 Å². The summed E-state index contributed by atoms with van der Waals surface area (Å²) in [6, 6.07) is 7.01. The molecule has 5 rings (SSSR count). The number of methoxy groups -OCH3 is 1. The molecule has 2 unspecified atom stereocenters. The van der Waals surface area contributed by atoms with Crippen molar-refractivity contribution in [2.24, 2.45) is 16.8 Å². The van der Waals surface area contributed by atoms with Crippen molar-refractivity contribution < 1.29 is 19.1 Å². The molecule has 0 radical (unpaired) electrons. The first kappa shape index (κ1) is 21.3. The third kappa shape index (κ3) is 3.89. The number of nitriles is 1. The lowest BCUT2D eigenvalue weighted by Crippen LogP contribution is -2.50. The average molecular weight is 444 g/mol. The molecule has 0 spiro atoms. The SMILES string of the molecule is COC(=O)C1C=CC2=NC(=O)c3cc(CC(C#N)NC(=O)[C@H]4N[C@@H]5CC[C@H]4C5)ccc3C2=C1. The van der Waals surface area contributed by atoms with Crippen LogP contribution in [0.2, 0.25) is 0 Å². The second kappa shape index (κ2) is 8.41. The van der Waals surface area contributed by atoms with Crippen LogP contribution in [-0.2, 0) is 20.7 Å². The van der Waals surface area contributed by atoms with Crippen LogP contribution in [-0.4, -0.2) is 48.7 Å². The maximum atomic E-state index is 12.7. The standard InChI is InChI=1S/C25H24N4O4/c1-33-25(32)15-4-7-21-19(11-15)18-6-2-13(9-20(18)23(30)29-21)8-17(12-26)28-24(31)22-14-3-5-16(10-14)27-22/h2,4,6-7,9,11,14-17,22,27H,3,5,8,10H2,1H3,(H,28,31)/t14-,15?,16+,17?,22-/m0/s1. The van der Waals surface area contributed by atoms with Crippen LogP contribution in [0, 0.1) is 23.2 Å². The van der Waals surface area contributed by atoms with Gasteiger partial charge in [-0.25, -0.2) is 4.99 Å². The molecule has 1 saturated carbocycles. The van der Waals surface area contributed by atoms with E-state index < -0.39 is 12.0 Å². The van der Waals surface area contributed by atoms with Gasteiger partial charge < -0.3 is 15.4 Å². The van der Waals surface area contributed by atoms with E-state index in [4.69, 9.17) is 4.74 Å². The predicted molar refractivity (Wildman–Crippen MR) is 120 cm³/mol. The lowest BCUT2D eigenvalue weighted by molar-refractivity contribution is -0.142. The second-order valence-electron chi connectivity index (χ2n) is 8.98. The van der Waals surface area contributed by atoms with Crippen molar-refractivity contribution >= 4 is 29.1 Å². The molecule has 2 bridgehead atoms. The van der Waals surface area contributed by atoms with Gasteiger partial charge in [-0.3, -0.25) is 14.4 Å². The number of carbonyl (C=O) groups is 3. The van der Waals surface area contributed by atoms with Crippen molar-refractivity contribution in [3.8, 4) is 6.07 Å². The molecule has 1 aromatic carbocycles. The molecule has 2 N–H and O–H groups in total. The number of carbonyl (C=O) groups excluding carboxylic acids is 3. The van der Waals surface area contributed by atoms with Gasteiger partial charge in [-0.15, -0.1) is 0 Å². The number of benzene rings is 1. The molecule has 2 fully saturated rings. The molecular formula is C25H24N4O4. The predicted octanol–water partition coefficient (Wildman–Crippen LogP) is 1.72. The van der Waals surface area contributed by atoms with E-state index in [0.29, 0.717) is 34.4 Å². The highest BCUT2D eigenvalue weighted by Crippen LogP contribution is 2.35. The topological polar surface area (TPSA) is 121 Å². The minimum absolute atomic E-state index is 0.134. The Balaban J connectivity index is 1.33. The van der Waals surface area contributed by atoms with E-state index in [1.54, 1.807) is 24.3 Å². The summed E-state index contributed by atoms with van der Waals surface area (Å²) in [6.45, 7) is 0. The molecule has 168 valence electrons. The van der Waals surface area contributed by atoms with Gasteiger partial charge in [-0.1, -0.05) is 24.3 Å². The van der Waals surface area contributed by atoms with Gasteiger partial charge in [0.05, 0.1) is 30.9 Å². The summed E-state index contributed by atoms with van der Waals surface area (Å²) in [4.78, 5) is 41.5. The van der Waals surface area contributed by atoms with Crippen LogP contribution in [0.15, 0.2) is 41.4 Å². The van der Waals surface area contributed by atoms with Crippen molar-refractivity contribution in [1.82, 2.24) is 10.6 Å². The Morgan fingerprint density at radius 3 is 2.88 bits per heavy atom. The summed E-state index contributed by atoms with van der Waals surface area (Å²) in [5, 5.41) is 15.8. The van der Waals surface area contributed by atoms with Gasteiger partial charge in [-0.05, 0) is 48.4 Å². The Kier molecular flexibility index (Phi) is 5.43. The Labute approximate surface area is 191 Å². The number of nitrogens with one attached hydrogen (secondary N) is 2. The molecule has 2 aliphatic heterocycles. The van der Waals surface area contributed by atoms with E-state index in [1.165, 1.54) is 7.11 Å². The fourth-order valence-corrected chi connectivity index (χ4v) is 5.29. The van der Waals surface area contributed by atoms with Gasteiger partial charge in [0.1, 0.15) is 6.04 Å². The molecule has 4 aliphatic rings. The minimum Gasteiger partial charge on any atom is -0.468 e. The quantitative estimate of drug-likeness (QED) is 0.667. The van der Waals surface area contributed by atoms with Crippen LogP contribution in [0.3, 0.4) is 0 Å². The first-order chi connectivity index (χ1) is 16.0. The zero-order valence-corrected chi connectivity index (χ0v) is 18.2. The van der Waals surface area contributed by atoms with Gasteiger partial charge in [-0.2, -0.15) is 5.26 Å². The van der Waals surface area contributed by atoms with E-state index in [1.807, 2.05) is 12.1 Å². The highest BCUT2D eigenvalue weighted by molar-refractivity contribution is 6.37. The fourth-order valence-electron chi connectivity index (χ4n) is 5.29. The number of hydrogen-bond donors (Lipinski definition) is 2. The molecule has 2 amide bonds. The van der Waals surface area contributed by atoms with Crippen molar-refractivity contribution in [2.45, 2.75) is 43.8 Å². The Hall–Kier alpha value is -3.57. The summed E-state index contributed by atoms with van der Waals surface area (Å²) in [5.41, 5.74) is 3.09.